The van der Waals surface area contributed by atoms with Gasteiger partial charge in [0.1, 0.15) is 6.67 Å². The van der Waals surface area contributed by atoms with Gasteiger partial charge in [-0.3, -0.25) is 0 Å². The lowest BCUT2D eigenvalue weighted by Crippen LogP contribution is -2.66. The van der Waals surface area contributed by atoms with E-state index in [4.69, 9.17) is 4.43 Å². The van der Waals surface area contributed by atoms with E-state index < -0.39 is 15.0 Å². The number of rotatable bonds is 7. The van der Waals surface area contributed by atoms with Crippen LogP contribution in [0.1, 0.15) is 26.5 Å². The molecule has 5 heteroatoms. The second kappa shape index (κ2) is 8.19. The van der Waals surface area contributed by atoms with E-state index in [9.17, 15) is 4.39 Å². The summed E-state index contributed by atoms with van der Waals surface area (Å²) in [5.41, 5.74) is 0.903. The molecule has 0 atom stereocenters. The van der Waals surface area contributed by atoms with Crippen molar-refractivity contribution < 1.29 is 8.82 Å². The van der Waals surface area contributed by atoms with Crippen LogP contribution in [-0.2, 0) is 17.6 Å². The zero-order valence-electron chi connectivity index (χ0n) is 16.2. The molecule has 0 radical (unpaired) electrons. The molecule has 1 aromatic heterocycles. The number of aromatic nitrogens is 2. The first-order chi connectivity index (χ1) is 13.0. The van der Waals surface area contributed by atoms with Crippen LogP contribution in [0, 0.1) is 0 Å². The smallest absolute Gasteiger partial charge is 0.261 e. The fraction of sp³-hybridized carbons (Fsp3) is 0.318. The Morgan fingerprint density at radius 3 is 2.00 bits per heavy atom. The van der Waals surface area contributed by atoms with Crippen molar-refractivity contribution >= 4 is 18.7 Å². The van der Waals surface area contributed by atoms with Crippen molar-refractivity contribution in [3.63, 3.8) is 0 Å². The molecule has 0 aliphatic carbocycles. The molecule has 1 heterocycles. The predicted octanol–water partition coefficient (Wildman–Crippen LogP) is 3.93. The molecule has 0 unspecified atom stereocenters. The predicted molar refractivity (Wildman–Crippen MR) is 111 cm³/mol. The average Bonchev–Trinajstić information content (AvgIpc) is 3.10. The van der Waals surface area contributed by atoms with E-state index in [0.29, 0.717) is 13.2 Å². The van der Waals surface area contributed by atoms with E-state index in [1.807, 2.05) is 16.7 Å². The standard InChI is InChI=1S/C22H27FN2OSi/c1-22(2,3)27(20-10-6-4-7-11-20,21-12-8-5-9-13-21)26-17-19-16-24-18-25(19)15-14-23/h4-13,16,18H,14-15,17H2,1-3H3. The number of hydrogen-bond donors (Lipinski definition) is 0. The lowest BCUT2D eigenvalue weighted by Gasteiger charge is -2.43. The van der Waals surface area contributed by atoms with Crippen molar-refractivity contribution in [3.8, 4) is 0 Å². The minimum absolute atomic E-state index is 0.0827. The van der Waals surface area contributed by atoms with E-state index >= 15 is 0 Å². The van der Waals surface area contributed by atoms with Gasteiger partial charge in [0.2, 0.25) is 0 Å². The molecular weight excluding hydrogens is 355 g/mol. The molecule has 0 aliphatic rings. The Bertz CT molecular complexity index is 804. The fourth-order valence-electron chi connectivity index (χ4n) is 3.70. The minimum Gasteiger partial charge on any atom is -0.402 e. The first kappa shape index (κ1) is 19.5. The molecule has 3 aromatic rings. The van der Waals surface area contributed by atoms with Crippen LogP contribution in [0.15, 0.2) is 73.2 Å². The van der Waals surface area contributed by atoms with Gasteiger partial charge in [-0.25, -0.2) is 9.37 Å². The summed E-state index contributed by atoms with van der Waals surface area (Å²) in [5, 5.41) is 2.39. The largest absolute Gasteiger partial charge is 0.402 e. The quantitative estimate of drug-likeness (QED) is 0.579. The number of benzene rings is 2. The van der Waals surface area contributed by atoms with Crippen LogP contribution in [0.3, 0.4) is 0 Å². The van der Waals surface area contributed by atoms with Crippen LogP contribution in [0.4, 0.5) is 4.39 Å². The molecule has 3 rings (SSSR count). The number of aryl methyl sites for hydroxylation is 1. The number of halogens is 1. The third-order valence-corrected chi connectivity index (χ3v) is 9.96. The third kappa shape index (κ3) is 3.89. The van der Waals surface area contributed by atoms with E-state index in [1.165, 1.54) is 10.4 Å². The second-order valence-electron chi connectivity index (χ2n) is 7.72. The number of alkyl halides is 1. The summed E-state index contributed by atoms with van der Waals surface area (Å²) >= 11 is 0. The van der Waals surface area contributed by atoms with Crippen molar-refractivity contribution in [1.29, 1.82) is 0 Å². The molecule has 0 bridgehead atoms. The van der Waals surface area contributed by atoms with Crippen molar-refractivity contribution in [3.05, 3.63) is 78.9 Å². The van der Waals surface area contributed by atoms with Crippen LogP contribution < -0.4 is 10.4 Å². The summed E-state index contributed by atoms with van der Waals surface area (Å²) in [4.78, 5) is 4.18. The van der Waals surface area contributed by atoms with Crippen molar-refractivity contribution in [2.45, 2.75) is 39.0 Å². The first-order valence-corrected chi connectivity index (χ1v) is 11.2. The molecule has 0 saturated carbocycles. The summed E-state index contributed by atoms with van der Waals surface area (Å²) in [7, 11) is -2.59. The normalized spacial score (nSPS) is 12.3. The van der Waals surface area contributed by atoms with Crippen molar-refractivity contribution in [2.24, 2.45) is 0 Å². The summed E-state index contributed by atoms with van der Waals surface area (Å²) in [6.07, 6.45) is 3.44. The van der Waals surface area contributed by atoms with Gasteiger partial charge in [0, 0.05) is 0 Å². The molecule has 0 N–H and O–H groups in total. The van der Waals surface area contributed by atoms with Gasteiger partial charge in [-0.2, -0.15) is 0 Å². The van der Waals surface area contributed by atoms with Gasteiger partial charge < -0.3 is 8.99 Å². The summed E-state index contributed by atoms with van der Waals surface area (Å²) in [6.45, 7) is 7.05. The maximum Gasteiger partial charge on any atom is 0.261 e. The monoisotopic (exact) mass is 382 g/mol. The zero-order chi connectivity index (χ0) is 19.3. The Labute approximate surface area is 162 Å². The van der Waals surface area contributed by atoms with E-state index in [1.54, 1.807) is 12.5 Å². The molecule has 0 spiro atoms. The van der Waals surface area contributed by atoms with Gasteiger partial charge in [-0.05, 0) is 15.4 Å². The Balaban J connectivity index is 2.08. The van der Waals surface area contributed by atoms with Gasteiger partial charge in [0.25, 0.3) is 8.32 Å². The van der Waals surface area contributed by atoms with Gasteiger partial charge in [0.15, 0.2) is 0 Å². The second-order valence-corrected chi connectivity index (χ2v) is 12.0. The maximum atomic E-state index is 12.8. The van der Waals surface area contributed by atoms with Gasteiger partial charge >= 0.3 is 0 Å². The van der Waals surface area contributed by atoms with E-state index in [2.05, 4.69) is 74.3 Å². The highest BCUT2D eigenvalue weighted by molar-refractivity contribution is 6.99. The highest BCUT2D eigenvalue weighted by Crippen LogP contribution is 2.37. The van der Waals surface area contributed by atoms with Crippen molar-refractivity contribution in [1.82, 2.24) is 9.55 Å². The SMILES string of the molecule is CC(C)(C)[Si](OCc1cncn1CCF)(c1ccccc1)c1ccccc1. The Morgan fingerprint density at radius 2 is 1.52 bits per heavy atom. The fourth-order valence-corrected chi connectivity index (χ4v) is 8.22. The molecule has 0 aliphatic heterocycles. The molecule has 142 valence electrons. The topological polar surface area (TPSA) is 27.1 Å². The Hall–Kier alpha value is -2.24. The highest BCUT2D eigenvalue weighted by Gasteiger charge is 2.50. The van der Waals surface area contributed by atoms with Gasteiger partial charge in [0.05, 0.1) is 31.4 Å². The molecule has 2 aromatic carbocycles. The lowest BCUT2D eigenvalue weighted by atomic mass is 10.2. The highest BCUT2D eigenvalue weighted by atomic mass is 28.4. The van der Waals surface area contributed by atoms with Crippen LogP contribution in [0.25, 0.3) is 0 Å². The Kier molecular flexibility index (Phi) is 5.92. The van der Waals surface area contributed by atoms with Crippen LogP contribution in [0.5, 0.6) is 0 Å². The maximum absolute atomic E-state index is 12.8. The van der Waals surface area contributed by atoms with E-state index in [-0.39, 0.29) is 5.04 Å². The van der Waals surface area contributed by atoms with Gasteiger partial charge in [-0.1, -0.05) is 81.4 Å². The summed E-state index contributed by atoms with van der Waals surface area (Å²) in [6, 6.07) is 21.0. The first-order valence-electron chi connectivity index (χ1n) is 9.29. The number of imidazole rings is 1. The van der Waals surface area contributed by atoms with Crippen molar-refractivity contribution in [2.75, 3.05) is 6.67 Å². The molecule has 3 nitrogen and oxygen atoms in total. The molecule has 27 heavy (non-hydrogen) atoms. The molecule has 0 saturated heterocycles. The Morgan fingerprint density at radius 1 is 0.963 bits per heavy atom. The average molecular weight is 383 g/mol. The van der Waals surface area contributed by atoms with Crippen LogP contribution in [0.2, 0.25) is 5.04 Å². The molecule has 0 fully saturated rings. The lowest BCUT2D eigenvalue weighted by molar-refractivity contribution is 0.274. The zero-order valence-corrected chi connectivity index (χ0v) is 17.2. The summed E-state index contributed by atoms with van der Waals surface area (Å²) in [5.74, 6) is 0. The van der Waals surface area contributed by atoms with Crippen LogP contribution >= 0.6 is 0 Å². The van der Waals surface area contributed by atoms with Crippen LogP contribution in [-0.4, -0.2) is 24.5 Å². The van der Waals surface area contributed by atoms with Gasteiger partial charge in [-0.15, -0.1) is 0 Å². The molecular formula is C22H27FN2OSi. The summed E-state index contributed by atoms with van der Waals surface area (Å²) < 4.78 is 21.5. The third-order valence-electron chi connectivity index (χ3n) is 4.98. The number of hydrogen-bond acceptors (Lipinski definition) is 2. The van der Waals surface area contributed by atoms with E-state index in [0.717, 1.165) is 5.69 Å². The minimum atomic E-state index is -2.59. The number of nitrogens with zero attached hydrogens (tertiary/aromatic N) is 2. The molecule has 0 amide bonds.